The molecule has 0 spiro atoms. The first-order valence-electron chi connectivity index (χ1n) is 4.56. The molecular formula is C11H12Cl2F2. The van der Waals surface area contributed by atoms with Crippen molar-refractivity contribution in [1.82, 2.24) is 0 Å². The van der Waals surface area contributed by atoms with Gasteiger partial charge in [-0.05, 0) is 29.5 Å². The van der Waals surface area contributed by atoms with Crippen LogP contribution in [-0.2, 0) is 6.42 Å². The molecular weight excluding hydrogens is 241 g/mol. The van der Waals surface area contributed by atoms with Crippen molar-refractivity contribution in [2.45, 2.75) is 13.3 Å². The van der Waals surface area contributed by atoms with Crippen LogP contribution < -0.4 is 0 Å². The standard InChI is InChI=1S/C11H12Cl2F2/c1-11(6-12,7-13)5-8-2-9(14)4-10(15)3-8/h2-4H,5-7H2,1H3. The van der Waals surface area contributed by atoms with Crippen LogP contribution in [0, 0.1) is 17.0 Å². The van der Waals surface area contributed by atoms with Gasteiger partial charge in [-0.15, -0.1) is 23.2 Å². The molecule has 0 aliphatic heterocycles. The number of hydrogen-bond acceptors (Lipinski definition) is 0. The Bertz CT molecular complexity index is 315. The Morgan fingerprint density at radius 2 is 1.53 bits per heavy atom. The molecule has 0 aromatic heterocycles. The summed E-state index contributed by atoms with van der Waals surface area (Å²) in [5.74, 6) is -0.434. The highest BCUT2D eigenvalue weighted by Gasteiger charge is 2.23. The number of benzene rings is 1. The predicted octanol–water partition coefficient (Wildman–Crippen LogP) is 3.99. The molecule has 1 aromatic rings. The van der Waals surface area contributed by atoms with Crippen LogP contribution in [-0.4, -0.2) is 11.8 Å². The van der Waals surface area contributed by atoms with Crippen LogP contribution >= 0.6 is 23.2 Å². The Morgan fingerprint density at radius 1 is 1.07 bits per heavy atom. The maximum Gasteiger partial charge on any atom is 0.126 e. The monoisotopic (exact) mass is 252 g/mol. The van der Waals surface area contributed by atoms with E-state index < -0.39 is 11.6 Å². The Morgan fingerprint density at radius 3 is 1.93 bits per heavy atom. The molecule has 0 aliphatic carbocycles. The van der Waals surface area contributed by atoms with Crippen LogP contribution in [0.4, 0.5) is 8.78 Å². The summed E-state index contributed by atoms with van der Waals surface area (Å²) in [4.78, 5) is 0. The fraction of sp³-hybridized carbons (Fsp3) is 0.455. The van der Waals surface area contributed by atoms with Crippen LogP contribution in [0.1, 0.15) is 12.5 Å². The molecule has 0 nitrogen and oxygen atoms in total. The zero-order valence-corrected chi connectivity index (χ0v) is 9.88. The molecule has 0 atom stereocenters. The lowest BCUT2D eigenvalue weighted by Crippen LogP contribution is -2.23. The van der Waals surface area contributed by atoms with Gasteiger partial charge < -0.3 is 0 Å². The van der Waals surface area contributed by atoms with E-state index in [1.54, 1.807) is 0 Å². The van der Waals surface area contributed by atoms with Crippen molar-refractivity contribution < 1.29 is 8.78 Å². The lowest BCUT2D eigenvalue weighted by atomic mass is 9.87. The summed E-state index contributed by atoms with van der Waals surface area (Å²) in [6, 6.07) is 3.46. The largest absolute Gasteiger partial charge is 0.207 e. The Labute approximate surface area is 98.2 Å². The van der Waals surface area contributed by atoms with Gasteiger partial charge in [0.05, 0.1) is 0 Å². The van der Waals surface area contributed by atoms with Gasteiger partial charge >= 0.3 is 0 Å². The van der Waals surface area contributed by atoms with Gasteiger partial charge in [-0.25, -0.2) is 8.78 Å². The average molecular weight is 253 g/mol. The van der Waals surface area contributed by atoms with E-state index in [0.29, 0.717) is 23.7 Å². The SMILES string of the molecule is CC(CCl)(CCl)Cc1cc(F)cc(F)c1. The minimum atomic E-state index is -0.573. The van der Waals surface area contributed by atoms with Crippen LogP contribution in [0.3, 0.4) is 0 Å². The molecule has 0 radical (unpaired) electrons. The average Bonchev–Trinajstić information content (AvgIpc) is 2.16. The van der Waals surface area contributed by atoms with Gasteiger partial charge in [0, 0.05) is 17.8 Å². The molecule has 0 fully saturated rings. The molecule has 0 amide bonds. The van der Waals surface area contributed by atoms with Crippen LogP contribution in [0.2, 0.25) is 0 Å². The summed E-state index contributed by atoms with van der Waals surface area (Å²) in [7, 11) is 0. The molecule has 0 saturated heterocycles. The van der Waals surface area contributed by atoms with E-state index in [0.717, 1.165) is 6.07 Å². The van der Waals surface area contributed by atoms with Crippen LogP contribution in [0.15, 0.2) is 18.2 Å². The fourth-order valence-corrected chi connectivity index (χ4v) is 1.81. The third-order valence-corrected chi connectivity index (χ3v) is 3.49. The quantitative estimate of drug-likeness (QED) is 0.711. The Kier molecular flexibility index (Phi) is 4.35. The zero-order valence-electron chi connectivity index (χ0n) is 8.37. The number of halogens is 4. The van der Waals surface area contributed by atoms with Gasteiger partial charge in [-0.3, -0.25) is 0 Å². The summed E-state index contributed by atoms with van der Waals surface area (Å²) in [5, 5.41) is 0. The minimum absolute atomic E-state index is 0.330. The second kappa shape index (κ2) is 5.13. The smallest absolute Gasteiger partial charge is 0.126 e. The highest BCUT2D eigenvalue weighted by molar-refractivity contribution is 6.21. The van der Waals surface area contributed by atoms with Crippen molar-refractivity contribution in [2.75, 3.05) is 11.8 Å². The molecule has 0 heterocycles. The third kappa shape index (κ3) is 3.62. The molecule has 0 unspecified atom stereocenters. The van der Waals surface area contributed by atoms with Crippen molar-refractivity contribution >= 4 is 23.2 Å². The maximum absolute atomic E-state index is 12.9. The van der Waals surface area contributed by atoms with Crippen LogP contribution in [0.25, 0.3) is 0 Å². The van der Waals surface area contributed by atoms with Crippen LogP contribution in [0.5, 0.6) is 0 Å². The molecule has 0 aliphatic rings. The van der Waals surface area contributed by atoms with Gasteiger partial charge in [-0.2, -0.15) is 0 Å². The van der Waals surface area contributed by atoms with E-state index in [4.69, 9.17) is 23.2 Å². The number of hydrogen-bond donors (Lipinski definition) is 0. The summed E-state index contributed by atoms with van der Waals surface area (Å²) in [6.45, 7) is 1.88. The van der Waals surface area contributed by atoms with Crippen molar-refractivity contribution in [2.24, 2.45) is 5.41 Å². The second-order valence-electron chi connectivity index (χ2n) is 4.03. The van der Waals surface area contributed by atoms with E-state index in [2.05, 4.69) is 0 Å². The molecule has 4 heteroatoms. The first kappa shape index (κ1) is 12.7. The summed E-state index contributed by atoms with van der Waals surface area (Å²) in [5.41, 5.74) is 0.250. The second-order valence-corrected chi connectivity index (χ2v) is 4.57. The first-order chi connectivity index (χ1) is 6.99. The molecule has 0 bridgehead atoms. The van der Waals surface area contributed by atoms with E-state index in [1.807, 2.05) is 6.92 Å². The number of alkyl halides is 2. The summed E-state index contributed by atoms with van der Waals surface area (Å²) >= 11 is 11.5. The minimum Gasteiger partial charge on any atom is -0.207 e. The topological polar surface area (TPSA) is 0 Å². The zero-order chi connectivity index (χ0) is 11.5. The van der Waals surface area contributed by atoms with Gasteiger partial charge in [0.1, 0.15) is 11.6 Å². The van der Waals surface area contributed by atoms with Crippen molar-refractivity contribution in [1.29, 1.82) is 0 Å². The number of rotatable bonds is 4. The van der Waals surface area contributed by atoms with E-state index in [1.165, 1.54) is 12.1 Å². The van der Waals surface area contributed by atoms with Crippen molar-refractivity contribution in [3.05, 3.63) is 35.4 Å². The molecule has 1 rings (SSSR count). The Hall–Kier alpha value is -0.340. The van der Waals surface area contributed by atoms with Gasteiger partial charge in [0.2, 0.25) is 0 Å². The van der Waals surface area contributed by atoms with Crippen molar-refractivity contribution in [3.8, 4) is 0 Å². The van der Waals surface area contributed by atoms with Gasteiger partial charge in [0.25, 0.3) is 0 Å². The first-order valence-corrected chi connectivity index (χ1v) is 5.63. The molecule has 15 heavy (non-hydrogen) atoms. The third-order valence-electron chi connectivity index (χ3n) is 2.20. The van der Waals surface area contributed by atoms with E-state index in [-0.39, 0.29) is 5.41 Å². The van der Waals surface area contributed by atoms with E-state index in [9.17, 15) is 8.78 Å². The maximum atomic E-state index is 12.9. The Balaban J connectivity index is 2.88. The lowest BCUT2D eigenvalue weighted by Gasteiger charge is -2.24. The summed E-state index contributed by atoms with van der Waals surface area (Å²) in [6.07, 6.45) is 0.467. The normalized spacial score (nSPS) is 11.8. The fourth-order valence-electron chi connectivity index (χ4n) is 1.34. The highest BCUT2D eigenvalue weighted by Crippen LogP contribution is 2.26. The van der Waals surface area contributed by atoms with Crippen molar-refractivity contribution in [3.63, 3.8) is 0 Å². The lowest BCUT2D eigenvalue weighted by molar-refractivity contribution is 0.422. The van der Waals surface area contributed by atoms with E-state index >= 15 is 0 Å². The molecule has 1 aromatic carbocycles. The predicted molar refractivity (Wildman–Crippen MR) is 59.6 cm³/mol. The molecule has 0 N–H and O–H groups in total. The summed E-state index contributed by atoms with van der Waals surface area (Å²) < 4.78 is 25.8. The highest BCUT2D eigenvalue weighted by atomic mass is 35.5. The molecule has 84 valence electrons. The molecule has 0 saturated carbocycles. The van der Waals surface area contributed by atoms with Gasteiger partial charge in [-0.1, -0.05) is 6.92 Å². The van der Waals surface area contributed by atoms with Gasteiger partial charge in [0.15, 0.2) is 0 Å².